The SMILES string of the molecule is O=[N+]([O-])c1ccc(N2CC3CC(C2)N3)c(F)c1. The van der Waals surface area contributed by atoms with E-state index in [4.69, 9.17) is 0 Å². The molecule has 0 aromatic heterocycles. The van der Waals surface area contributed by atoms with E-state index >= 15 is 0 Å². The predicted octanol–water partition coefficient (Wildman–Crippen LogP) is 1.28. The molecule has 2 bridgehead atoms. The van der Waals surface area contributed by atoms with Crippen LogP contribution in [0.1, 0.15) is 6.42 Å². The van der Waals surface area contributed by atoms with Gasteiger partial charge in [0.05, 0.1) is 16.7 Å². The molecule has 3 heterocycles. The van der Waals surface area contributed by atoms with Crippen molar-refractivity contribution in [3.05, 3.63) is 34.1 Å². The number of piperazine rings is 1. The molecule has 4 rings (SSSR count). The first-order chi connectivity index (χ1) is 8.13. The fourth-order valence-corrected chi connectivity index (χ4v) is 2.58. The quantitative estimate of drug-likeness (QED) is 0.622. The number of nitro groups is 1. The van der Waals surface area contributed by atoms with Gasteiger partial charge in [-0.15, -0.1) is 0 Å². The van der Waals surface area contributed by atoms with Gasteiger partial charge < -0.3 is 10.2 Å². The average Bonchev–Trinajstić information content (AvgIpc) is 2.27. The van der Waals surface area contributed by atoms with Crippen molar-refractivity contribution in [3.8, 4) is 0 Å². The zero-order valence-electron chi connectivity index (χ0n) is 9.10. The van der Waals surface area contributed by atoms with Crippen molar-refractivity contribution in [2.75, 3.05) is 18.0 Å². The van der Waals surface area contributed by atoms with Crippen LogP contribution >= 0.6 is 0 Å². The fraction of sp³-hybridized carbons (Fsp3) is 0.455. The summed E-state index contributed by atoms with van der Waals surface area (Å²) in [5.74, 6) is -0.513. The summed E-state index contributed by atoms with van der Waals surface area (Å²) in [4.78, 5) is 11.9. The Morgan fingerprint density at radius 2 is 2.06 bits per heavy atom. The summed E-state index contributed by atoms with van der Waals surface area (Å²) in [7, 11) is 0. The number of anilines is 1. The number of nitrogens with zero attached hydrogens (tertiary/aromatic N) is 2. The second kappa shape index (κ2) is 3.66. The van der Waals surface area contributed by atoms with Gasteiger partial charge in [0.25, 0.3) is 5.69 Å². The number of benzene rings is 1. The second-order valence-corrected chi connectivity index (χ2v) is 4.59. The molecule has 3 fully saturated rings. The molecule has 0 amide bonds. The van der Waals surface area contributed by atoms with Crippen molar-refractivity contribution in [3.63, 3.8) is 0 Å². The number of non-ortho nitro benzene ring substituents is 1. The second-order valence-electron chi connectivity index (χ2n) is 4.59. The van der Waals surface area contributed by atoms with E-state index in [1.54, 1.807) is 0 Å². The van der Waals surface area contributed by atoms with E-state index in [1.807, 2.05) is 4.90 Å². The third kappa shape index (κ3) is 1.74. The Hall–Kier alpha value is -1.69. The van der Waals surface area contributed by atoms with Crippen molar-refractivity contribution >= 4 is 11.4 Å². The van der Waals surface area contributed by atoms with E-state index in [2.05, 4.69) is 5.32 Å². The molecule has 0 spiro atoms. The number of piperidine rings is 1. The smallest absolute Gasteiger partial charge is 0.272 e. The van der Waals surface area contributed by atoms with Gasteiger partial charge in [-0.1, -0.05) is 0 Å². The van der Waals surface area contributed by atoms with Gasteiger partial charge in [-0.2, -0.15) is 0 Å². The van der Waals surface area contributed by atoms with Crippen molar-refractivity contribution in [1.82, 2.24) is 5.32 Å². The highest BCUT2D eigenvalue weighted by molar-refractivity contribution is 5.53. The average molecular weight is 237 g/mol. The molecule has 6 heteroatoms. The van der Waals surface area contributed by atoms with Crippen molar-refractivity contribution in [2.24, 2.45) is 0 Å². The van der Waals surface area contributed by atoms with Crippen molar-refractivity contribution in [2.45, 2.75) is 18.5 Å². The number of nitro benzene ring substituents is 1. The summed E-state index contributed by atoms with van der Waals surface area (Å²) in [5, 5.41) is 13.9. The third-order valence-electron chi connectivity index (χ3n) is 3.40. The zero-order valence-corrected chi connectivity index (χ0v) is 9.10. The summed E-state index contributed by atoms with van der Waals surface area (Å²) in [5.41, 5.74) is 0.262. The minimum Gasteiger partial charge on any atom is -0.366 e. The first-order valence-electron chi connectivity index (χ1n) is 5.58. The normalized spacial score (nSPS) is 26.5. The van der Waals surface area contributed by atoms with Crippen LogP contribution in [-0.4, -0.2) is 30.1 Å². The maximum Gasteiger partial charge on any atom is 0.272 e. The van der Waals surface area contributed by atoms with Gasteiger partial charge in [-0.05, 0) is 12.5 Å². The number of halogens is 1. The maximum absolute atomic E-state index is 13.8. The lowest BCUT2D eigenvalue weighted by molar-refractivity contribution is -0.385. The van der Waals surface area contributed by atoms with Crippen LogP contribution in [0.5, 0.6) is 0 Å². The van der Waals surface area contributed by atoms with Crippen LogP contribution in [-0.2, 0) is 0 Å². The van der Waals surface area contributed by atoms with Gasteiger partial charge in [0.15, 0.2) is 5.82 Å². The highest BCUT2D eigenvalue weighted by atomic mass is 19.1. The summed E-state index contributed by atoms with van der Waals surface area (Å²) >= 11 is 0. The van der Waals surface area contributed by atoms with Gasteiger partial charge in [-0.3, -0.25) is 10.1 Å². The van der Waals surface area contributed by atoms with E-state index in [-0.39, 0.29) is 5.69 Å². The molecule has 1 N–H and O–H groups in total. The first kappa shape index (κ1) is 10.5. The molecule has 2 unspecified atom stereocenters. The molecular weight excluding hydrogens is 225 g/mol. The molecule has 3 aliphatic rings. The van der Waals surface area contributed by atoms with E-state index < -0.39 is 10.7 Å². The Labute approximate surface area is 97.4 Å². The van der Waals surface area contributed by atoms with E-state index in [1.165, 1.54) is 12.1 Å². The Morgan fingerprint density at radius 1 is 1.41 bits per heavy atom. The number of fused-ring (bicyclic) bond motifs is 2. The van der Waals surface area contributed by atoms with Crippen LogP contribution < -0.4 is 10.2 Å². The monoisotopic (exact) mass is 237 g/mol. The van der Waals surface area contributed by atoms with Crippen LogP contribution in [0.25, 0.3) is 0 Å². The summed E-state index contributed by atoms with van der Waals surface area (Å²) in [6.07, 6.45) is 1.14. The molecule has 3 aliphatic heterocycles. The Kier molecular flexibility index (Phi) is 2.25. The topological polar surface area (TPSA) is 58.4 Å². The third-order valence-corrected chi connectivity index (χ3v) is 3.40. The molecule has 3 saturated heterocycles. The fourth-order valence-electron chi connectivity index (χ4n) is 2.58. The van der Waals surface area contributed by atoms with E-state index in [0.29, 0.717) is 17.8 Å². The molecule has 2 atom stereocenters. The number of hydrogen-bond donors (Lipinski definition) is 1. The lowest BCUT2D eigenvalue weighted by Gasteiger charge is -2.49. The summed E-state index contributed by atoms with van der Waals surface area (Å²) in [6, 6.07) is 4.71. The van der Waals surface area contributed by atoms with Gasteiger partial charge in [0, 0.05) is 31.2 Å². The van der Waals surface area contributed by atoms with Crippen LogP contribution in [0.3, 0.4) is 0 Å². The van der Waals surface area contributed by atoms with Crippen LogP contribution in [0, 0.1) is 15.9 Å². The van der Waals surface area contributed by atoms with E-state index in [9.17, 15) is 14.5 Å². The Morgan fingerprint density at radius 3 is 2.59 bits per heavy atom. The Bertz CT molecular complexity index is 464. The highest BCUT2D eigenvalue weighted by Crippen LogP contribution is 2.29. The van der Waals surface area contributed by atoms with Crippen LogP contribution in [0.2, 0.25) is 0 Å². The van der Waals surface area contributed by atoms with Gasteiger partial charge in [-0.25, -0.2) is 4.39 Å². The largest absolute Gasteiger partial charge is 0.366 e. The van der Waals surface area contributed by atoms with Gasteiger partial charge >= 0.3 is 0 Å². The molecule has 1 aromatic rings. The van der Waals surface area contributed by atoms with Crippen molar-refractivity contribution < 1.29 is 9.31 Å². The predicted molar refractivity (Wildman–Crippen MR) is 60.6 cm³/mol. The number of hydrogen-bond acceptors (Lipinski definition) is 4. The van der Waals surface area contributed by atoms with Gasteiger partial charge in [0.2, 0.25) is 0 Å². The molecule has 0 aliphatic carbocycles. The standard InChI is InChI=1S/C11H12FN3O2/c12-10-4-9(15(16)17)1-2-11(10)14-5-7-3-8(6-14)13-7/h1-2,4,7-8,13H,3,5-6H2. The highest BCUT2D eigenvalue weighted by Gasteiger charge is 2.37. The zero-order chi connectivity index (χ0) is 12.0. The maximum atomic E-state index is 13.8. The molecule has 5 nitrogen and oxygen atoms in total. The number of nitrogens with one attached hydrogen (secondary N) is 1. The lowest BCUT2D eigenvalue weighted by Crippen LogP contribution is -2.67. The van der Waals surface area contributed by atoms with E-state index in [0.717, 1.165) is 25.6 Å². The van der Waals surface area contributed by atoms with Crippen LogP contribution in [0.4, 0.5) is 15.8 Å². The molecule has 90 valence electrons. The number of rotatable bonds is 2. The van der Waals surface area contributed by atoms with Crippen molar-refractivity contribution in [1.29, 1.82) is 0 Å². The summed E-state index contributed by atoms with van der Waals surface area (Å²) in [6.45, 7) is 1.54. The minimum absolute atomic E-state index is 0.202. The van der Waals surface area contributed by atoms with Crippen LogP contribution in [0.15, 0.2) is 18.2 Å². The lowest BCUT2D eigenvalue weighted by atomic mass is 9.91. The molecule has 1 aromatic carbocycles. The summed E-state index contributed by atoms with van der Waals surface area (Å²) < 4.78 is 13.8. The Balaban J connectivity index is 1.85. The molecule has 0 saturated carbocycles. The first-order valence-corrected chi connectivity index (χ1v) is 5.58. The molecule has 0 radical (unpaired) electrons. The van der Waals surface area contributed by atoms with Gasteiger partial charge in [0.1, 0.15) is 0 Å². The molecule has 17 heavy (non-hydrogen) atoms. The minimum atomic E-state index is -0.581. The molecular formula is C11H12FN3O2.